The second kappa shape index (κ2) is 7.41. The standard InChI is InChI=1S/C18H18N4OS2/c1-2-3-10-25-18-20-17-15(21-22-18)12-7-4-5-8-13(12)19-16(23-17)14-9-6-11-24-14/h4-9,11,16,19H,2-3,10H2,1H3/t16-/m1/s1. The summed E-state index contributed by atoms with van der Waals surface area (Å²) in [6.45, 7) is 2.17. The number of fused-ring (bicyclic) bond motifs is 3. The Morgan fingerprint density at radius 3 is 2.96 bits per heavy atom. The third-order valence-electron chi connectivity index (χ3n) is 3.86. The Hall–Kier alpha value is -2.12. The third-order valence-corrected chi connectivity index (χ3v) is 5.70. The molecule has 0 unspecified atom stereocenters. The zero-order valence-electron chi connectivity index (χ0n) is 13.8. The summed E-state index contributed by atoms with van der Waals surface area (Å²) < 4.78 is 6.20. The second-order valence-electron chi connectivity index (χ2n) is 5.65. The van der Waals surface area contributed by atoms with Crippen LogP contribution in [0.2, 0.25) is 0 Å². The van der Waals surface area contributed by atoms with E-state index in [1.54, 1.807) is 23.1 Å². The molecule has 0 spiro atoms. The summed E-state index contributed by atoms with van der Waals surface area (Å²) in [7, 11) is 0. The van der Waals surface area contributed by atoms with Crippen LogP contribution in [0, 0.1) is 0 Å². The number of unbranched alkanes of at least 4 members (excludes halogenated alkanes) is 1. The molecule has 0 saturated heterocycles. The topological polar surface area (TPSA) is 59.9 Å². The molecule has 1 aliphatic rings. The number of nitrogens with one attached hydrogen (secondary N) is 1. The van der Waals surface area contributed by atoms with Crippen LogP contribution in [0.25, 0.3) is 11.3 Å². The summed E-state index contributed by atoms with van der Waals surface area (Å²) in [5, 5.41) is 14.9. The van der Waals surface area contributed by atoms with Gasteiger partial charge in [0.2, 0.25) is 17.3 Å². The Morgan fingerprint density at radius 2 is 2.12 bits per heavy atom. The van der Waals surface area contributed by atoms with E-state index in [2.05, 4.69) is 33.5 Å². The van der Waals surface area contributed by atoms with Crippen molar-refractivity contribution in [3.8, 4) is 17.1 Å². The molecular formula is C18H18N4OS2. The lowest BCUT2D eigenvalue weighted by Gasteiger charge is -2.17. The molecule has 0 fully saturated rings. The van der Waals surface area contributed by atoms with Gasteiger partial charge in [0.1, 0.15) is 0 Å². The van der Waals surface area contributed by atoms with E-state index in [0.717, 1.165) is 34.7 Å². The summed E-state index contributed by atoms with van der Waals surface area (Å²) in [6, 6.07) is 12.1. The van der Waals surface area contributed by atoms with Crippen LogP contribution in [0.3, 0.4) is 0 Å². The Labute approximate surface area is 154 Å². The molecule has 128 valence electrons. The van der Waals surface area contributed by atoms with Crippen molar-refractivity contribution in [2.75, 3.05) is 11.1 Å². The van der Waals surface area contributed by atoms with Crippen molar-refractivity contribution in [1.82, 2.24) is 15.2 Å². The number of thioether (sulfide) groups is 1. The molecule has 1 atom stereocenters. The monoisotopic (exact) mass is 370 g/mol. The molecule has 4 rings (SSSR count). The van der Waals surface area contributed by atoms with Crippen molar-refractivity contribution in [3.63, 3.8) is 0 Å². The van der Waals surface area contributed by atoms with Crippen LogP contribution in [0.15, 0.2) is 46.9 Å². The van der Waals surface area contributed by atoms with E-state index in [1.165, 1.54) is 0 Å². The Balaban J connectivity index is 1.73. The fourth-order valence-corrected chi connectivity index (χ4v) is 4.15. The lowest BCUT2D eigenvalue weighted by Crippen LogP contribution is -2.15. The minimum atomic E-state index is -0.285. The molecule has 1 N–H and O–H groups in total. The van der Waals surface area contributed by atoms with Crippen LogP contribution < -0.4 is 10.1 Å². The Kier molecular flexibility index (Phi) is 4.85. The Bertz CT molecular complexity index is 854. The maximum atomic E-state index is 6.20. The molecule has 2 aromatic heterocycles. The predicted molar refractivity (Wildman–Crippen MR) is 102 cm³/mol. The maximum Gasteiger partial charge on any atom is 0.247 e. The average molecular weight is 371 g/mol. The van der Waals surface area contributed by atoms with Crippen molar-refractivity contribution in [2.45, 2.75) is 31.1 Å². The number of nitrogens with zero attached hydrogens (tertiary/aromatic N) is 3. The highest BCUT2D eigenvalue weighted by molar-refractivity contribution is 7.99. The van der Waals surface area contributed by atoms with Gasteiger partial charge in [0.05, 0.1) is 4.88 Å². The first-order valence-corrected chi connectivity index (χ1v) is 10.1. The van der Waals surface area contributed by atoms with Crippen molar-refractivity contribution < 1.29 is 4.74 Å². The van der Waals surface area contributed by atoms with E-state index < -0.39 is 0 Å². The highest BCUT2D eigenvalue weighted by atomic mass is 32.2. The van der Waals surface area contributed by atoms with Crippen molar-refractivity contribution >= 4 is 28.8 Å². The average Bonchev–Trinajstić information content (AvgIpc) is 3.12. The van der Waals surface area contributed by atoms with E-state index in [0.29, 0.717) is 16.7 Å². The van der Waals surface area contributed by atoms with Crippen LogP contribution in [-0.4, -0.2) is 20.9 Å². The third kappa shape index (κ3) is 3.48. The summed E-state index contributed by atoms with van der Waals surface area (Å²) in [4.78, 5) is 5.73. The molecule has 0 saturated carbocycles. The fraction of sp³-hybridized carbons (Fsp3) is 0.278. The predicted octanol–water partition coefficient (Wildman–Crippen LogP) is 5.00. The molecule has 25 heavy (non-hydrogen) atoms. The number of anilines is 1. The lowest BCUT2D eigenvalue weighted by atomic mass is 10.1. The van der Waals surface area contributed by atoms with Crippen molar-refractivity contribution in [3.05, 3.63) is 46.7 Å². The van der Waals surface area contributed by atoms with Gasteiger partial charge in [-0.15, -0.1) is 21.5 Å². The number of benzene rings is 1. The van der Waals surface area contributed by atoms with E-state index >= 15 is 0 Å². The van der Waals surface area contributed by atoms with Gasteiger partial charge < -0.3 is 10.1 Å². The molecule has 1 aliphatic heterocycles. The molecule has 0 aliphatic carbocycles. The molecule has 0 amide bonds. The van der Waals surface area contributed by atoms with Gasteiger partial charge in [0.25, 0.3) is 0 Å². The smallest absolute Gasteiger partial charge is 0.247 e. The van der Waals surface area contributed by atoms with E-state index in [9.17, 15) is 0 Å². The normalized spacial score (nSPS) is 15.5. The van der Waals surface area contributed by atoms with Gasteiger partial charge in [-0.3, -0.25) is 0 Å². The van der Waals surface area contributed by atoms with Crippen molar-refractivity contribution in [2.24, 2.45) is 0 Å². The molecule has 0 radical (unpaired) electrons. The van der Waals surface area contributed by atoms with Crippen LogP contribution >= 0.6 is 23.1 Å². The van der Waals surface area contributed by atoms with Crippen LogP contribution in [0.4, 0.5) is 5.69 Å². The zero-order valence-corrected chi connectivity index (χ0v) is 15.4. The van der Waals surface area contributed by atoms with Gasteiger partial charge in [0, 0.05) is 17.0 Å². The minimum Gasteiger partial charge on any atom is -0.447 e. The fourth-order valence-electron chi connectivity index (χ4n) is 2.59. The maximum absolute atomic E-state index is 6.20. The van der Waals surface area contributed by atoms with E-state index in [4.69, 9.17) is 4.74 Å². The number of para-hydroxylation sites is 1. The molecule has 3 aromatic rings. The number of thiophene rings is 1. The van der Waals surface area contributed by atoms with Gasteiger partial charge in [-0.2, -0.15) is 4.98 Å². The largest absolute Gasteiger partial charge is 0.447 e. The first-order valence-electron chi connectivity index (χ1n) is 8.28. The number of hydrogen-bond acceptors (Lipinski definition) is 7. The molecule has 5 nitrogen and oxygen atoms in total. The van der Waals surface area contributed by atoms with Crippen molar-refractivity contribution in [1.29, 1.82) is 0 Å². The minimum absolute atomic E-state index is 0.285. The van der Waals surface area contributed by atoms with Gasteiger partial charge in [-0.25, -0.2) is 0 Å². The van der Waals surface area contributed by atoms with Gasteiger partial charge in [-0.1, -0.05) is 49.4 Å². The summed E-state index contributed by atoms with van der Waals surface area (Å²) in [5.41, 5.74) is 2.62. The second-order valence-corrected chi connectivity index (χ2v) is 7.69. The molecule has 3 heterocycles. The highest BCUT2D eigenvalue weighted by Crippen LogP contribution is 2.40. The zero-order chi connectivity index (χ0) is 17.1. The first kappa shape index (κ1) is 16.4. The number of rotatable bonds is 5. The van der Waals surface area contributed by atoms with Crippen LogP contribution in [0.5, 0.6) is 5.88 Å². The van der Waals surface area contributed by atoms with Gasteiger partial charge in [0.15, 0.2) is 5.69 Å². The van der Waals surface area contributed by atoms with Gasteiger partial charge in [-0.05, 0) is 23.9 Å². The molecule has 7 heteroatoms. The summed E-state index contributed by atoms with van der Waals surface area (Å²) >= 11 is 3.27. The number of aromatic nitrogens is 3. The number of ether oxygens (including phenoxy) is 1. The SMILES string of the molecule is CCCCSc1nnc2c(n1)O[C@H](c1cccs1)Nc1ccccc1-2. The quantitative estimate of drug-likeness (QED) is 0.504. The molecule has 1 aromatic carbocycles. The first-order chi connectivity index (χ1) is 12.3. The van der Waals surface area contributed by atoms with Crippen LogP contribution in [-0.2, 0) is 0 Å². The molecular weight excluding hydrogens is 352 g/mol. The summed E-state index contributed by atoms with van der Waals surface area (Å²) in [5.74, 6) is 1.52. The van der Waals surface area contributed by atoms with E-state index in [-0.39, 0.29) is 6.23 Å². The van der Waals surface area contributed by atoms with E-state index in [1.807, 2.05) is 35.7 Å². The molecule has 0 bridgehead atoms. The Morgan fingerprint density at radius 1 is 1.20 bits per heavy atom. The van der Waals surface area contributed by atoms with Crippen LogP contribution in [0.1, 0.15) is 30.9 Å². The lowest BCUT2D eigenvalue weighted by molar-refractivity contribution is 0.229. The summed E-state index contributed by atoms with van der Waals surface area (Å²) in [6.07, 6.45) is 2.00. The van der Waals surface area contributed by atoms with Gasteiger partial charge >= 0.3 is 0 Å². The number of hydrogen-bond donors (Lipinski definition) is 1. The highest BCUT2D eigenvalue weighted by Gasteiger charge is 2.26.